The number of thiazole rings is 1. The molecular weight excluding hydrogens is 344 g/mol. The molecule has 0 aliphatic heterocycles. The molecule has 3 rings (SSSR count). The van der Waals surface area contributed by atoms with Crippen LogP contribution in [0.5, 0.6) is 11.5 Å². The van der Waals surface area contributed by atoms with Crippen molar-refractivity contribution in [3.63, 3.8) is 0 Å². The highest BCUT2D eigenvalue weighted by atomic mass is 32.1. The highest BCUT2D eigenvalue weighted by Crippen LogP contribution is 2.32. The zero-order chi connectivity index (χ0) is 18.5. The number of benzene rings is 2. The lowest BCUT2D eigenvalue weighted by Crippen LogP contribution is -2.18. The van der Waals surface area contributed by atoms with E-state index in [9.17, 15) is 0 Å². The first-order valence-corrected chi connectivity index (χ1v) is 9.41. The minimum Gasteiger partial charge on any atom is -0.493 e. The Morgan fingerprint density at radius 2 is 1.77 bits per heavy atom. The van der Waals surface area contributed by atoms with E-state index >= 15 is 0 Å². The van der Waals surface area contributed by atoms with Gasteiger partial charge in [-0.15, -0.1) is 11.3 Å². The van der Waals surface area contributed by atoms with Crippen molar-refractivity contribution in [1.29, 1.82) is 0 Å². The average Bonchev–Trinajstić information content (AvgIpc) is 3.08. The van der Waals surface area contributed by atoms with E-state index in [4.69, 9.17) is 14.5 Å². The van der Waals surface area contributed by atoms with Gasteiger partial charge in [0.05, 0.1) is 19.9 Å². The van der Waals surface area contributed by atoms with E-state index < -0.39 is 0 Å². The number of aromatic nitrogens is 1. The fourth-order valence-electron chi connectivity index (χ4n) is 2.87. The number of methoxy groups -OCH3 is 2. The summed E-state index contributed by atoms with van der Waals surface area (Å²) in [7, 11) is 3.30. The Morgan fingerprint density at radius 1 is 1.04 bits per heavy atom. The first-order valence-electron chi connectivity index (χ1n) is 8.59. The van der Waals surface area contributed by atoms with Gasteiger partial charge >= 0.3 is 0 Å². The molecule has 136 valence electrons. The second kappa shape index (κ2) is 8.34. The maximum atomic E-state index is 5.38. The molecular formula is C21H24N2O2S. The molecule has 1 atom stereocenters. The monoisotopic (exact) mass is 368 g/mol. The molecule has 1 unspecified atom stereocenters. The van der Waals surface area contributed by atoms with Gasteiger partial charge in [0.25, 0.3) is 0 Å². The molecule has 0 aliphatic rings. The summed E-state index contributed by atoms with van der Waals surface area (Å²) in [6.07, 6.45) is 0. The van der Waals surface area contributed by atoms with E-state index in [1.54, 1.807) is 25.6 Å². The Balaban J connectivity index is 1.71. The molecule has 0 fully saturated rings. The summed E-state index contributed by atoms with van der Waals surface area (Å²) >= 11 is 1.75. The van der Waals surface area contributed by atoms with Gasteiger partial charge in [0.2, 0.25) is 0 Å². The lowest BCUT2D eigenvalue weighted by Gasteiger charge is -2.14. The first-order chi connectivity index (χ1) is 12.6. The summed E-state index contributed by atoms with van der Waals surface area (Å²) in [5.41, 5.74) is 3.40. The van der Waals surface area contributed by atoms with E-state index in [0.29, 0.717) is 0 Å². The van der Waals surface area contributed by atoms with Crippen molar-refractivity contribution in [3.8, 4) is 22.1 Å². The number of nitrogens with zero attached hydrogens (tertiary/aromatic N) is 1. The Morgan fingerprint density at radius 3 is 2.46 bits per heavy atom. The Bertz CT molecular complexity index is 862. The Kier molecular flexibility index (Phi) is 5.91. The van der Waals surface area contributed by atoms with Crippen LogP contribution in [0.2, 0.25) is 0 Å². The van der Waals surface area contributed by atoms with Crippen LogP contribution in [0.1, 0.15) is 29.1 Å². The van der Waals surface area contributed by atoms with Crippen LogP contribution in [0.25, 0.3) is 10.6 Å². The molecule has 0 aliphatic carbocycles. The second-order valence-corrected chi connectivity index (χ2v) is 7.16. The number of nitrogens with one attached hydrogen (secondary N) is 1. The summed E-state index contributed by atoms with van der Waals surface area (Å²) in [6.45, 7) is 5.00. The standard InChI is InChI=1S/C21H24N2O2S/c1-14(22-13-16-10-11-18(24-3)19(12-16)25-4)20-15(2)23-21(26-20)17-8-6-5-7-9-17/h5-12,14,22H,13H2,1-4H3. The number of hydrogen-bond acceptors (Lipinski definition) is 5. The lowest BCUT2D eigenvalue weighted by molar-refractivity contribution is 0.354. The summed E-state index contributed by atoms with van der Waals surface area (Å²) in [4.78, 5) is 6.02. The molecule has 1 aromatic heterocycles. The third kappa shape index (κ3) is 4.06. The van der Waals surface area contributed by atoms with Gasteiger partial charge in [-0.05, 0) is 31.5 Å². The van der Waals surface area contributed by atoms with Crippen molar-refractivity contribution in [2.24, 2.45) is 0 Å². The van der Waals surface area contributed by atoms with Crippen LogP contribution in [-0.4, -0.2) is 19.2 Å². The van der Waals surface area contributed by atoms with E-state index in [-0.39, 0.29) is 6.04 Å². The van der Waals surface area contributed by atoms with Crippen molar-refractivity contribution in [2.75, 3.05) is 14.2 Å². The maximum absolute atomic E-state index is 5.38. The van der Waals surface area contributed by atoms with Crippen LogP contribution >= 0.6 is 11.3 Å². The SMILES string of the molecule is COc1ccc(CNC(C)c2sc(-c3ccccc3)nc2C)cc1OC. The molecule has 5 heteroatoms. The van der Waals surface area contributed by atoms with Crippen LogP contribution in [0.15, 0.2) is 48.5 Å². The molecule has 1 heterocycles. The minimum atomic E-state index is 0.220. The fourth-order valence-corrected chi connectivity index (χ4v) is 3.97. The van der Waals surface area contributed by atoms with Crippen molar-refractivity contribution in [2.45, 2.75) is 26.4 Å². The molecule has 0 spiro atoms. The largest absolute Gasteiger partial charge is 0.493 e. The lowest BCUT2D eigenvalue weighted by atomic mass is 10.1. The fraction of sp³-hybridized carbons (Fsp3) is 0.286. The molecule has 26 heavy (non-hydrogen) atoms. The zero-order valence-electron chi connectivity index (χ0n) is 15.6. The number of aryl methyl sites for hydroxylation is 1. The van der Waals surface area contributed by atoms with Gasteiger partial charge in [-0.3, -0.25) is 0 Å². The minimum absolute atomic E-state index is 0.220. The smallest absolute Gasteiger partial charge is 0.161 e. The quantitative estimate of drug-likeness (QED) is 0.638. The zero-order valence-corrected chi connectivity index (χ0v) is 16.4. The predicted octanol–water partition coefficient (Wildman–Crippen LogP) is 4.99. The van der Waals surface area contributed by atoms with Gasteiger partial charge in [-0.25, -0.2) is 4.98 Å². The molecule has 0 saturated heterocycles. The van der Waals surface area contributed by atoms with Crippen molar-refractivity contribution >= 4 is 11.3 Å². The van der Waals surface area contributed by atoms with Gasteiger partial charge in [0, 0.05) is 23.0 Å². The molecule has 0 bridgehead atoms. The average molecular weight is 369 g/mol. The van der Waals surface area contributed by atoms with E-state index in [1.165, 1.54) is 10.4 Å². The third-order valence-corrected chi connectivity index (χ3v) is 5.70. The summed E-state index contributed by atoms with van der Waals surface area (Å²) in [5.74, 6) is 1.50. The Labute approximate surface area is 158 Å². The topological polar surface area (TPSA) is 43.4 Å². The summed E-state index contributed by atoms with van der Waals surface area (Å²) < 4.78 is 10.7. The molecule has 1 N–H and O–H groups in total. The van der Waals surface area contributed by atoms with Crippen molar-refractivity contribution in [3.05, 3.63) is 64.7 Å². The van der Waals surface area contributed by atoms with E-state index in [1.807, 2.05) is 30.3 Å². The molecule has 4 nitrogen and oxygen atoms in total. The highest BCUT2D eigenvalue weighted by molar-refractivity contribution is 7.15. The number of ether oxygens (including phenoxy) is 2. The molecule has 3 aromatic rings. The van der Waals surface area contributed by atoms with Gasteiger partial charge in [-0.2, -0.15) is 0 Å². The number of rotatable bonds is 7. The summed E-state index contributed by atoms with van der Waals surface area (Å²) in [5, 5.41) is 4.65. The molecule has 2 aromatic carbocycles. The van der Waals surface area contributed by atoms with E-state index in [0.717, 1.165) is 34.3 Å². The Hall–Kier alpha value is -2.37. The van der Waals surface area contributed by atoms with Gasteiger partial charge < -0.3 is 14.8 Å². The third-order valence-electron chi connectivity index (χ3n) is 4.31. The van der Waals surface area contributed by atoms with Crippen molar-refractivity contribution < 1.29 is 9.47 Å². The first kappa shape index (κ1) is 18.4. The normalized spacial score (nSPS) is 12.0. The van der Waals surface area contributed by atoms with Crippen LogP contribution in [0.4, 0.5) is 0 Å². The van der Waals surface area contributed by atoms with Crippen LogP contribution in [0, 0.1) is 6.92 Å². The van der Waals surface area contributed by atoms with Gasteiger partial charge in [0.15, 0.2) is 11.5 Å². The van der Waals surface area contributed by atoms with Gasteiger partial charge in [0.1, 0.15) is 5.01 Å². The maximum Gasteiger partial charge on any atom is 0.161 e. The van der Waals surface area contributed by atoms with Crippen molar-refractivity contribution in [1.82, 2.24) is 10.3 Å². The highest BCUT2D eigenvalue weighted by Gasteiger charge is 2.15. The van der Waals surface area contributed by atoms with Gasteiger partial charge in [-0.1, -0.05) is 36.4 Å². The predicted molar refractivity (Wildman–Crippen MR) is 107 cm³/mol. The molecule has 0 amide bonds. The molecule has 0 saturated carbocycles. The van der Waals surface area contributed by atoms with Crippen LogP contribution in [-0.2, 0) is 6.54 Å². The van der Waals surface area contributed by atoms with Crippen LogP contribution < -0.4 is 14.8 Å². The van der Waals surface area contributed by atoms with E-state index in [2.05, 4.69) is 37.4 Å². The van der Waals surface area contributed by atoms with Crippen LogP contribution in [0.3, 0.4) is 0 Å². The second-order valence-electron chi connectivity index (χ2n) is 6.13. The molecule has 0 radical (unpaired) electrons. The number of hydrogen-bond donors (Lipinski definition) is 1. The summed E-state index contributed by atoms with van der Waals surface area (Å²) in [6, 6.07) is 16.5.